The highest BCUT2D eigenvalue weighted by molar-refractivity contribution is 7.89. The molecule has 1 atom stereocenters. The van der Waals surface area contributed by atoms with E-state index in [1.807, 2.05) is 24.3 Å². The van der Waals surface area contributed by atoms with E-state index in [0.29, 0.717) is 6.54 Å². The summed E-state index contributed by atoms with van der Waals surface area (Å²) in [6, 6.07) is 13.1. The minimum Gasteiger partial charge on any atom is -0.449 e. The summed E-state index contributed by atoms with van der Waals surface area (Å²) in [7, 11) is -0.711. The molecule has 0 aromatic heterocycles. The van der Waals surface area contributed by atoms with Crippen molar-refractivity contribution in [2.75, 3.05) is 25.5 Å². The molecule has 7 nitrogen and oxygen atoms in total. The molecule has 1 aliphatic heterocycles. The first-order valence-electron chi connectivity index (χ1n) is 8.84. The van der Waals surface area contributed by atoms with Gasteiger partial charge in [-0.2, -0.15) is 0 Å². The first-order chi connectivity index (χ1) is 13.2. The van der Waals surface area contributed by atoms with E-state index >= 15 is 0 Å². The molecular weight excluding hydrogens is 380 g/mol. The number of fused-ring (bicyclic) bond motifs is 1. The molecule has 8 heteroatoms. The zero-order chi connectivity index (χ0) is 20.5. The molecule has 0 radical (unpaired) electrons. The Labute approximate surface area is 164 Å². The minimum absolute atomic E-state index is 0.0758. The highest BCUT2D eigenvalue weighted by Crippen LogP contribution is 2.28. The quantitative estimate of drug-likeness (QED) is 0.715. The van der Waals surface area contributed by atoms with Gasteiger partial charge in [0.25, 0.3) is 5.91 Å². The molecule has 0 N–H and O–H groups in total. The third-order valence-electron chi connectivity index (χ3n) is 4.65. The summed E-state index contributed by atoms with van der Waals surface area (Å²) >= 11 is 0. The van der Waals surface area contributed by atoms with Crippen molar-refractivity contribution in [1.29, 1.82) is 0 Å². The molecule has 0 spiro atoms. The van der Waals surface area contributed by atoms with Gasteiger partial charge in [0.2, 0.25) is 10.0 Å². The van der Waals surface area contributed by atoms with E-state index in [-0.39, 0.29) is 16.4 Å². The van der Waals surface area contributed by atoms with Crippen LogP contribution < -0.4 is 4.90 Å². The zero-order valence-corrected chi connectivity index (χ0v) is 16.8. The van der Waals surface area contributed by atoms with E-state index in [1.54, 1.807) is 4.90 Å². The summed E-state index contributed by atoms with van der Waals surface area (Å²) < 4.78 is 30.6. The van der Waals surface area contributed by atoms with Crippen LogP contribution in [0.2, 0.25) is 0 Å². The third-order valence-corrected chi connectivity index (χ3v) is 6.48. The van der Waals surface area contributed by atoms with Gasteiger partial charge in [-0.05, 0) is 49.2 Å². The van der Waals surface area contributed by atoms with Gasteiger partial charge in [0.1, 0.15) is 0 Å². The Bertz CT molecular complexity index is 1000. The first kappa shape index (κ1) is 20.0. The fraction of sp³-hybridized carbons (Fsp3) is 0.300. The lowest BCUT2D eigenvalue weighted by Crippen LogP contribution is -2.39. The number of carbonyl (C=O) groups is 2. The second-order valence-corrected chi connectivity index (χ2v) is 8.88. The molecule has 148 valence electrons. The smallest absolute Gasteiger partial charge is 0.338 e. The molecule has 1 aliphatic rings. The number of hydrogen-bond acceptors (Lipinski definition) is 5. The van der Waals surface area contributed by atoms with E-state index in [0.717, 1.165) is 22.0 Å². The van der Waals surface area contributed by atoms with Crippen LogP contribution >= 0.6 is 0 Å². The molecule has 0 fully saturated rings. The number of hydrogen-bond donors (Lipinski definition) is 0. The Morgan fingerprint density at radius 3 is 2.36 bits per heavy atom. The van der Waals surface area contributed by atoms with Crippen molar-refractivity contribution in [1.82, 2.24) is 4.31 Å². The van der Waals surface area contributed by atoms with Crippen molar-refractivity contribution in [3.05, 3.63) is 59.7 Å². The lowest BCUT2D eigenvalue weighted by molar-refractivity contribution is -0.126. The summed E-state index contributed by atoms with van der Waals surface area (Å²) in [5.41, 5.74) is 2.11. The van der Waals surface area contributed by atoms with E-state index in [2.05, 4.69) is 0 Å². The fourth-order valence-electron chi connectivity index (χ4n) is 3.04. The number of anilines is 1. The van der Waals surface area contributed by atoms with Crippen LogP contribution in [0.3, 0.4) is 0 Å². The van der Waals surface area contributed by atoms with Crippen LogP contribution in [0.5, 0.6) is 0 Å². The summed E-state index contributed by atoms with van der Waals surface area (Å²) in [6.07, 6.45) is -0.187. The van der Waals surface area contributed by atoms with Gasteiger partial charge in [0.05, 0.1) is 10.5 Å². The molecule has 0 saturated heterocycles. The Morgan fingerprint density at radius 1 is 1.07 bits per heavy atom. The molecule has 0 aliphatic carbocycles. The van der Waals surface area contributed by atoms with E-state index in [9.17, 15) is 18.0 Å². The normalized spacial score (nSPS) is 14.6. The van der Waals surface area contributed by atoms with Gasteiger partial charge in [0, 0.05) is 26.3 Å². The van der Waals surface area contributed by atoms with Gasteiger partial charge in [-0.25, -0.2) is 17.5 Å². The number of esters is 1. The van der Waals surface area contributed by atoms with Crippen LogP contribution in [0.15, 0.2) is 53.4 Å². The molecule has 2 aromatic rings. The number of para-hydroxylation sites is 1. The molecular formula is C20H22N2O5S. The van der Waals surface area contributed by atoms with Crippen LogP contribution in [-0.4, -0.2) is 51.3 Å². The lowest BCUT2D eigenvalue weighted by atomic mass is 10.2. The average molecular weight is 402 g/mol. The van der Waals surface area contributed by atoms with Gasteiger partial charge in [-0.1, -0.05) is 18.2 Å². The predicted molar refractivity (Wildman–Crippen MR) is 105 cm³/mol. The van der Waals surface area contributed by atoms with Gasteiger partial charge in [-0.3, -0.25) is 4.79 Å². The average Bonchev–Trinajstić information content (AvgIpc) is 3.11. The highest BCUT2D eigenvalue weighted by atomic mass is 32.2. The van der Waals surface area contributed by atoms with Crippen LogP contribution in [0.4, 0.5) is 5.69 Å². The molecule has 0 unspecified atom stereocenters. The van der Waals surface area contributed by atoms with Crippen molar-refractivity contribution in [3.63, 3.8) is 0 Å². The number of amides is 1. The number of rotatable bonds is 5. The van der Waals surface area contributed by atoms with Crippen LogP contribution in [0.25, 0.3) is 0 Å². The van der Waals surface area contributed by atoms with Crippen molar-refractivity contribution < 1.29 is 22.7 Å². The van der Waals surface area contributed by atoms with Crippen LogP contribution in [0, 0.1) is 0 Å². The highest BCUT2D eigenvalue weighted by Gasteiger charge is 2.30. The van der Waals surface area contributed by atoms with Crippen LogP contribution in [-0.2, 0) is 26.0 Å². The molecule has 3 rings (SSSR count). The second-order valence-electron chi connectivity index (χ2n) is 6.73. The van der Waals surface area contributed by atoms with Crippen molar-refractivity contribution in [3.8, 4) is 0 Å². The molecule has 1 heterocycles. The van der Waals surface area contributed by atoms with E-state index in [4.69, 9.17) is 4.74 Å². The van der Waals surface area contributed by atoms with Crippen molar-refractivity contribution in [2.24, 2.45) is 0 Å². The zero-order valence-electron chi connectivity index (χ0n) is 16.0. The molecule has 28 heavy (non-hydrogen) atoms. The number of ether oxygens (including phenoxy) is 1. The maximum absolute atomic E-state index is 12.7. The fourth-order valence-corrected chi connectivity index (χ4v) is 3.94. The Morgan fingerprint density at radius 2 is 1.71 bits per heavy atom. The maximum Gasteiger partial charge on any atom is 0.338 e. The largest absolute Gasteiger partial charge is 0.449 e. The van der Waals surface area contributed by atoms with Gasteiger partial charge in [0.15, 0.2) is 6.10 Å². The molecule has 1 amide bonds. The summed E-state index contributed by atoms with van der Waals surface area (Å²) in [5, 5.41) is 0. The van der Waals surface area contributed by atoms with Gasteiger partial charge >= 0.3 is 5.97 Å². The monoisotopic (exact) mass is 402 g/mol. The summed E-state index contributed by atoms with van der Waals surface area (Å²) in [5.74, 6) is -0.966. The number of benzene rings is 2. The predicted octanol–water partition coefficient (Wildman–Crippen LogP) is 2.07. The number of carbonyl (C=O) groups excluding carboxylic acids is 2. The van der Waals surface area contributed by atoms with Gasteiger partial charge in [-0.15, -0.1) is 0 Å². The Balaban J connectivity index is 1.69. The van der Waals surface area contributed by atoms with E-state index < -0.39 is 22.1 Å². The topological polar surface area (TPSA) is 84.0 Å². The second kappa shape index (κ2) is 7.73. The maximum atomic E-state index is 12.7. The van der Waals surface area contributed by atoms with Crippen LogP contribution in [0.1, 0.15) is 22.8 Å². The number of nitrogens with zero attached hydrogens (tertiary/aromatic N) is 2. The third kappa shape index (κ3) is 3.79. The lowest BCUT2D eigenvalue weighted by Gasteiger charge is -2.21. The summed E-state index contributed by atoms with van der Waals surface area (Å²) in [6.45, 7) is 2.09. The van der Waals surface area contributed by atoms with Crippen molar-refractivity contribution in [2.45, 2.75) is 24.3 Å². The molecule has 2 aromatic carbocycles. The van der Waals surface area contributed by atoms with Crippen molar-refractivity contribution >= 4 is 27.6 Å². The molecule has 0 saturated carbocycles. The Hall–Kier alpha value is -2.71. The SMILES string of the molecule is C[C@@H](OC(=O)c1ccc(S(=O)(=O)N(C)C)cc1)C(=O)N1CCc2ccccc21. The standard InChI is InChI=1S/C20H22N2O5S/c1-14(19(23)22-13-12-15-6-4-5-7-18(15)22)27-20(24)16-8-10-17(11-9-16)28(25,26)21(2)3/h4-11,14H,12-13H2,1-3H3/t14-/m1/s1. The summed E-state index contributed by atoms with van der Waals surface area (Å²) in [4.78, 5) is 26.8. The van der Waals surface area contributed by atoms with E-state index in [1.165, 1.54) is 45.3 Å². The number of sulfonamides is 1. The first-order valence-corrected chi connectivity index (χ1v) is 10.3. The molecule has 0 bridgehead atoms. The minimum atomic E-state index is -3.57. The Kier molecular flexibility index (Phi) is 5.53. The van der Waals surface area contributed by atoms with Gasteiger partial charge < -0.3 is 9.64 Å².